The highest BCUT2D eigenvalue weighted by Gasteiger charge is 2.50. The quantitative estimate of drug-likeness (QED) is 0.457. The number of aliphatic hydroxyl groups excluding tert-OH is 1. The number of ether oxygens (including phenoxy) is 1. The zero-order valence-corrected chi connectivity index (χ0v) is 22.4. The van der Waals surface area contributed by atoms with Gasteiger partial charge in [0, 0.05) is 37.9 Å². The third-order valence-electron chi connectivity index (χ3n) is 8.23. The fourth-order valence-electron chi connectivity index (χ4n) is 5.72. The Balaban J connectivity index is 1.24. The molecule has 1 aliphatic carbocycles. The summed E-state index contributed by atoms with van der Waals surface area (Å²) in [5.74, 6) is 0.320. The molecule has 12 heteroatoms. The monoisotopic (exact) mass is 542 g/mol. The van der Waals surface area contributed by atoms with Gasteiger partial charge in [-0.05, 0) is 56.2 Å². The summed E-state index contributed by atoms with van der Waals surface area (Å²) in [5, 5.41) is 12.0. The molecule has 1 aromatic heterocycles. The Morgan fingerprint density at radius 3 is 2.42 bits per heavy atom. The first kappa shape index (κ1) is 25.3. The fourth-order valence-corrected chi connectivity index (χ4v) is 6.55. The van der Waals surface area contributed by atoms with Crippen LogP contribution in [0.5, 0.6) is 0 Å². The number of hydrogen-bond acceptors (Lipinski definition) is 9. The van der Waals surface area contributed by atoms with Gasteiger partial charge in [-0.25, -0.2) is 13.4 Å². The highest BCUT2D eigenvalue weighted by atomic mass is 32.2. The second-order valence-corrected chi connectivity index (χ2v) is 13.2. The Morgan fingerprint density at radius 1 is 1.05 bits per heavy atom. The number of aryl methyl sites for hydroxylation is 1. The van der Waals surface area contributed by atoms with E-state index < -0.39 is 22.4 Å². The van der Waals surface area contributed by atoms with Gasteiger partial charge in [-0.1, -0.05) is 0 Å². The van der Waals surface area contributed by atoms with Crippen LogP contribution in [-0.4, -0.2) is 81.2 Å². The number of nitrogens with one attached hydrogen (secondary N) is 2. The number of rotatable bonds is 8. The second-order valence-electron chi connectivity index (χ2n) is 11.4. The van der Waals surface area contributed by atoms with E-state index in [0.29, 0.717) is 34.1 Å². The molecule has 3 aliphatic heterocycles. The van der Waals surface area contributed by atoms with Gasteiger partial charge in [0.25, 0.3) is 5.91 Å². The summed E-state index contributed by atoms with van der Waals surface area (Å²) in [4.78, 5) is 27.0. The van der Waals surface area contributed by atoms with Crippen molar-refractivity contribution in [1.29, 1.82) is 0 Å². The number of hydrogen-bond donors (Lipinski definition) is 3. The Bertz CT molecular complexity index is 1340. The molecule has 204 valence electrons. The molecule has 2 aromatic rings. The molecule has 6 rings (SSSR count). The van der Waals surface area contributed by atoms with Crippen molar-refractivity contribution < 1.29 is 23.1 Å². The van der Waals surface area contributed by atoms with E-state index in [2.05, 4.69) is 29.8 Å². The maximum atomic E-state index is 13.6. The SMILES string of the molecule is Cc1cc(NC(=O)c2ccc(NS(=O)(=O)CCO)cc2N2CCC3(CC2)CC3)nc(N2CC3(COC3)C2)n1. The van der Waals surface area contributed by atoms with E-state index in [1.807, 2.05) is 6.92 Å². The van der Waals surface area contributed by atoms with Gasteiger partial charge >= 0.3 is 0 Å². The van der Waals surface area contributed by atoms with Gasteiger partial charge in [0.2, 0.25) is 16.0 Å². The van der Waals surface area contributed by atoms with Crippen LogP contribution in [0.4, 0.5) is 23.1 Å². The Labute approximate surface area is 222 Å². The number of benzene rings is 1. The molecule has 11 nitrogen and oxygen atoms in total. The first-order valence-corrected chi connectivity index (χ1v) is 14.8. The number of amides is 1. The summed E-state index contributed by atoms with van der Waals surface area (Å²) in [5.41, 5.74) is 2.94. The lowest BCUT2D eigenvalue weighted by Gasteiger charge is -2.54. The number of sulfonamides is 1. The third kappa shape index (κ3) is 5.04. The van der Waals surface area contributed by atoms with Crippen LogP contribution in [-0.2, 0) is 14.8 Å². The molecule has 4 aliphatic rings. The second kappa shape index (κ2) is 9.35. The number of aliphatic hydroxyl groups is 1. The Hall–Kier alpha value is -2.96. The molecule has 1 aromatic carbocycles. The molecule has 4 fully saturated rings. The largest absolute Gasteiger partial charge is 0.395 e. The van der Waals surface area contributed by atoms with Gasteiger partial charge in [0.05, 0.1) is 47.9 Å². The van der Waals surface area contributed by atoms with E-state index in [1.54, 1.807) is 24.3 Å². The molecule has 38 heavy (non-hydrogen) atoms. The van der Waals surface area contributed by atoms with Crippen LogP contribution in [0.25, 0.3) is 0 Å². The first-order valence-electron chi connectivity index (χ1n) is 13.2. The van der Waals surface area contributed by atoms with Gasteiger partial charge in [0.1, 0.15) is 5.82 Å². The van der Waals surface area contributed by atoms with Crippen LogP contribution in [0.2, 0.25) is 0 Å². The van der Waals surface area contributed by atoms with Crippen molar-refractivity contribution in [2.75, 3.05) is 71.6 Å². The van der Waals surface area contributed by atoms with E-state index in [4.69, 9.17) is 9.84 Å². The molecule has 0 radical (unpaired) electrons. The molecule has 0 atom stereocenters. The van der Waals surface area contributed by atoms with Crippen LogP contribution >= 0.6 is 0 Å². The summed E-state index contributed by atoms with van der Waals surface area (Å²) in [6.45, 7) is 6.26. The van der Waals surface area contributed by atoms with Gasteiger partial charge in [-0.15, -0.1) is 0 Å². The molecule has 3 N–H and O–H groups in total. The first-order chi connectivity index (χ1) is 18.2. The number of piperidine rings is 1. The minimum atomic E-state index is -3.69. The normalized spacial score (nSPS) is 21.1. The zero-order chi connectivity index (χ0) is 26.5. The van der Waals surface area contributed by atoms with Crippen molar-refractivity contribution in [3.8, 4) is 0 Å². The van der Waals surface area contributed by atoms with E-state index in [9.17, 15) is 13.2 Å². The van der Waals surface area contributed by atoms with E-state index >= 15 is 0 Å². The molecular weight excluding hydrogens is 508 g/mol. The summed E-state index contributed by atoms with van der Waals surface area (Å²) in [6, 6.07) is 6.69. The number of anilines is 4. The predicted molar refractivity (Wildman–Crippen MR) is 144 cm³/mol. The van der Waals surface area contributed by atoms with E-state index in [0.717, 1.165) is 57.9 Å². The summed E-state index contributed by atoms with van der Waals surface area (Å²) >= 11 is 0. The number of carbonyl (C=O) groups is 1. The average Bonchev–Trinajstić information content (AvgIpc) is 3.55. The molecule has 1 amide bonds. The minimum absolute atomic E-state index is 0.222. The van der Waals surface area contributed by atoms with Crippen molar-refractivity contribution in [2.45, 2.75) is 32.6 Å². The molecule has 0 unspecified atom stereocenters. The predicted octanol–water partition coefficient (Wildman–Crippen LogP) is 1.99. The lowest BCUT2D eigenvalue weighted by molar-refractivity contribution is -0.127. The molecule has 1 saturated carbocycles. The molecule has 0 bridgehead atoms. The topological polar surface area (TPSA) is 137 Å². The number of nitrogens with zero attached hydrogens (tertiary/aromatic N) is 4. The average molecular weight is 543 g/mol. The highest BCUT2D eigenvalue weighted by Crippen LogP contribution is 2.54. The Kier molecular flexibility index (Phi) is 6.23. The maximum absolute atomic E-state index is 13.6. The van der Waals surface area contributed by atoms with Crippen molar-refractivity contribution >= 4 is 39.1 Å². The molecule has 3 saturated heterocycles. The van der Waals surface area contributed by atoms with Crippen LogP contribution in [0, 0.1) is 17.8 Å². The van der Waals surface area contributed by atoms with Crippen LogP contribution < -0.4 is 19.8 Å². The zero-order valence-electron chi connectivity index (χ0n) is 21.6. The van der Waals surface area contributed by atoms with Gasteiger partial charge < -0.3 is 25.0 Å². The number of carbonyl (C=O) groups excluding carboxylic acids is 1. The van der Waals surface area contributed by atoms with Gasteiger partial charge in [-0.3, -0.25) is 9.52 Å². The van der Waals surface area contributed by atoms with Gasteiger partial charge in [0.15, 0.2) is 0 Å². The van der Waals surface area contributed by atoms with Crippen molar-refractivity contribution in [3.63, 3.8) is 0 Å². The lowest BCUT2D eigenvalue weighted by Crippen LogP contribution is -2.66. The van der Waals surface area contributed by atoms with Crippen molar-refractivity contribution in [3.05, 3.63) is 35.5 Å². The minimum Gasteiger partial charge on any atom is -0.395 e. The van der Waals surface area contributed by atoms with Crippen molar-refractivity contribution in [2.24, 2.45) is 10.8 Å². The van der Waals surface area contributed by atoms with Gasteiger partial charge in [-0.2, -0.15) is 4.98 Å². The van der Waals surface area contributed by atoms with Crippen molar-refractivity contribution in [1.82, 2.24) is 9.97 Å². The molecular formula is C26H34N6O5S. The van der Waals surface area contributed by atoms with E-state index in [-0.39, 0.29) is 11.3 Å². The maximum Gasteiger partial charge on any atom is 0.258 e. The summed E-state index contributed by atoms with van der Waals surface area (Å²) < 4.78 is 32.4. The van der Waals surface area contributed by atoms with Crippen LogP contribution in [0.3, 0.4) is 0 Å². The third-order valence-corrected chi connectivity index (χ3v) is 9.50. The van der Waals surface area contributed by atoms with Crippen LogP contribution in [0.1, 0.15) is 41.7 Å². The number of aromatic nitrogens is 2. The Morgan fingerprint density at radius 2 is 1.79 bits per heavy atom. The highest BCUT2D eigenvalue weighted by molar-refractivity contribution is 7.92. The molecule has 4 heterocycles. The lowest BCUT2D eigenvalue weighted by atomic mass is 9.78. The molecule has 2 spiro atoms. The van der Waals surface area contributed by atoms with Crippen LogP contribution in [0.15, 0.2) is 24.3 Å². The smallest absolute Gasteiger partial charge is 0.258 e. The summed E-state index contributed by atoms with van der Waals surface area (Å²) in [7, 11) is -3.69. The summed E-state index contributed by atoms with van der Waals surface area (Å²) in [6.07, 6.45) is 4.64. The van der Waals surface area contributed by atoms with E-state index in [1.165, 1.54) is 12.8 Å². The fraction of sp³-hybridized carbons (Fsp3) is 0.577. The standard InChI is InChI=1S/C26H34N6O5S/c1-18-12-22(29-24(27-18)32-14-26(15-32)16-37-17-26)28-23(34)20-3-2-19(30-38(35,36)11-10-33)13-21(20)31-8-6-25(4-5-25)7-9-31/h2-3,12-13,30,33H,4-11,14-17H2,1H3,(H,27,28,29,34).